The van der Waals surface area contributed by atoms with Crippen LogP contribution in [0.2, 0.25) is 0 Å². The smallest absolute Gasteiger partial charge is 0.490 e. The highest BCUT2D eigenvalue weighted by Gasteiger charge is 2.52. The number of esters is 1. The molecule has 2 aromatic carbocycles. The number of nitrogens with zero attached hydrogens (tertiary/aromatic N) is 1. The van der Waals surface area contributed by atoms with Crippen molar-refractivity contribution >= 4 is 21.7 Å². The van der Waals surface area contributed by atoms with Crippen molar-refractivity contribution in [2.24, 2.45) is 17.8 Å². The topological polar surface area (TPSA) is 93.1 Å². The summed E-state index contributed by atoms with van der Waals surface area (Å²) in [5.74, 6) is -0.845. The van der Waals surface area contributed by atoms with Gasteiger partial charge in [0.1, 0.15) is 6.10 Å². The summed E-state index contributed by atoms with van der Waals surface area (Å²) in [5.41, 5.74) is -3.78. The molecule has 4 atom stereocenters. The molecule has 2 aromatic rings. The lowest BCUT2D eigenvalue weighted by Gasteiger charge is -2.37. The molecule has 1 N–H and O–H groups in total. The Hall–Kier alpha value is -2.86. The van der Waals surface area contributed by atoms with Gasteiger partial charge in [-0.15, -0.1) is 0 Å². The number of anilines is 1. The number of benzene rings is 2. The van der Waals surface area contributed by atoms with E-state index in [4.69, 9.17) is 9.47 Å². The third kappa shape index (κ3) is 5.57. The fourth-order valence-corrected chi connectivity index (χ4v) is 8.20. The summed E-state index contributed by atoms with van der Waals surface area (Å²) in [6.45, 7) is 9.23. The second kappa shape index (κ2) is 11.8. The van der Waals surface area contributed by atoms with Crippen LogP contribution in [0.15, 0.2) is 12.1 Å². The number of aryl methyl sites for hydroxylation is 1. The average molecular weight is 642 g/mol. The number of carbonyl (C=O) groups is 1. The summed E-state index contributed by atoms with van der Waals surface area (Å²) >= 11 is 0. The maximum atomic E-state index is 15.5. The number of hydrogen-bond donors (Lipinski definition) is 1. The number of halogens is 4. The van der Waals surface area contributed by atoms with Gasteiger partial charge in [0.2, 0.25) is 0 Å². The van der Waals surface area contributed by atoms with Gasteiger partial charge in [0.05, 0.1) is 12.3 Å². The Bertz CT molecular complexity index is 1570. The molecule has 2 aliphatic heterocycles. The lowest BCUT2D eigenvalue weighted by molar-refractivity contribution is -0.166. The second-order valence-corrected chi connectivity index (χ2v) is 14.6. The summed E-state index contributed by atoms with van der Waals surface area (Å²) in [6.07, 6.45) is 1.21. The number of ether oxygens (including phenoxy) is 2. The van der Waals surface area contributed by atoms with Crippen LogP contribution in [0.4, 0.5) is 23.2 Å². The van der Waals surface area contributed by atoms with Gasteiger partial charge in [-0.1, -0.05) is 27.2 Å². The molecule has 7 nitrogen and oxygen atoms in total. The first-order valence-electron chi connectivity index (χ1n) is 15.1. The third-order valence-electron chi connectivity index (χ3n) is 9.51. The van der Waals surface area contributed by atoms with Crippen molar-refractivity contribution in [3.63, 3.8) is 0 Å². The summed E-state index contributed by atoms with van der Waals surface area (Å²) in [7, 11) is -5.74. The number of alkyl halides is 3. The van der Waals surface area contributed by atoms with Crippen LogP contribution in [0, 0.1) is 37.4 Å². The fourth-order valence-electron chi connectivity index (χ4n) is 7.20. The van der Waals surface area contributed by atoms with Gasteiger partial charge in [-0.3, -0.25) is 4.31 Å². The van der Waals surface area contributed by atoms with E-state index in [0.717, 1.165) is 12.8 Å². The first-order valence-corrected chi connectivity index (χ1v) is 16.6. The molecule has 242 valence electrons. The Labute approximate surface area is 255 Å². The van der Waals surface area contributed by atoms with E-state index < -0.39 is 46.1 Å². The van der Waals surface area contributed by atoms with Gasteiger partial charge in [-0.2, -0.15) is 21.6 Å². The van der Waals surface area contributed by atoms with Crippen molar-refractivity contribution in [1.82, 2.24) is 0 Å². The zero-order valence-electron chi connectivity index (χ0n) is 25.6. The molecule has 1 fully saturated rings. The Morgan fingerprint density at radius 2 is 1.84 bits per heavy atom. The molecule has 1 aliphatic carbocycles. The van der Waals surface area contributed by atoms with Crippen LogP contribution in [0.25, 0.3) is 11.1 Å². The molecule has 0 radical (unpaired) electrons. The summed E-state index contributed by atoms with van der Waals surface area (Å²) < 4.78 is 93.4. The van der Waals surface area contributed by atoms with Crippen molar-refractivity contribution < 1.29 is 45.4 Å². The van der Waals surface area contributed by atoms with Crippen LogP contribution in [0.5, 0.6) is 5.75 Å². The molecule has 2 heterocycles. The lowest BCUT2D eigenvalue weighted by Crippen LogP contribution is -2.39. The van der Waals surface area contributed by atoms with Crippen LogP contribution in [0.3, 0.4) is 0 Å². The zero-order valence-corrected chi connectivity index (χ0v) is 26.4. The Balaban J connectivity index is 1.68. The van der Waals surface area contributed by atoms with Gasteiger partial charge in [0.15, 0.2) is 17.7 Å². The molecule has 0 amide bonds. The highest BCUT2D eigenvalue weighted by Crippen LogP contribution is 2.48. The van der Waals surface area contributed by atoms with Gasteiger partial charge >= 0.3 is 21.5 Å². The van der Waals surface area contributed by atoms with Crippen LogP contribution in [-0.2, 0) is 32.4 Å². The highest BCUT2D eigenvalue weighted by atomic mass is 32.2. The molecule has 3 aliphatic rings. The van der Waals surface area contributed by atoms with Gasteiger partial charge in [-0.05, 0) is 104 Å². The lowest BCUT2D eigenvalue weighted by atomic mass is 9.75. The SMILES string of the molecule is Cc1cc2c(c(-c3cc(F)c4c(c3C)CCCO4)c1C(O)C(=O)O[C@@H]1C[C@H](C)CC[C@H]1C(C)C)CCN2S(=O)(=O)C(F)(F)F. The van der Waals surface area contributed by atoms with E-state index in [0.29, 0.717) is 47.2 Å². The van der Waals surface area contributed by atoms with Crippen molar-refractivity contribution in [1.29, 1.82) is 0 Å². The van der Waals surface area contributed by atoms with E-state index in [1.807, 2.05) is 0 Å². The van der Waals surface area contributed by atoms with Crippen molar-refractivity contribution in [2.75, 3.05) is 17.5 Å². The zero-order chi connectivity index (χ0) is 32.3. The number of carbonyl (C=O) groups excluding carboxylic acids is 1. The monoisotopic (exact) mass is 641 g/mol. The minimum absolute atomic E-state index is 0.0594. The number of rotatable bonds is 6. The van der Waals surface area contributed by atoms with Crippen LogP contribution >= 0.6 is 0 Å². The van der Waals surface area contributed by atoms with E-state index in [9.17, 15) is 31.5 Å². The minimum atomic E-state index is -5.74. The van der Waals surface area contributed by atoms with Crippen LogP contribution < -0.4 is 9.04 Å². The quantitative estimate of drug-likeness (QED) is 0.279. The molecule has 1 unspecified atom stereocenters. The molecular weight excluding hydrogens is 602 g/mol. The van der Waals surface area contributed by atoms with Crippen LogP contribution in [-0.4, -0.2) is 44.3 Å². The first-order chi connectivity index (χ1) is 20.5. The molecule has 12 heteroatoms. The van der Waals surface area contributed by atoms with E-state index in [1.54, 1.807) is 6.92 Å². The van der Waals surface area contributed by atoms with Gasteiger partial charge < -0.3 is 14.6 Å². The van der Waals surface area contributed by atoms with Gasteiger partial charge in [0, 0.05) is 17.7 Å². The van der Waals surface area contributed by atoms with Crippen molar-refractivity contribution in [3.8, 4) is 16.9 Å². The van der Waals surface area contributed by atoms with Gasteiger partial charge in [-0.25, -0.2) is 9.18 Å². The van der Waals surface area contributed by atoms with Crippen molar-refractivity contribution in [3.05, 3.63) is 45.8 Å². The van der Waals surface area contributed by atoms with Crippen LogP contribution in [0.1, 0.15) is 80.4 Å². The minimum Gasteiger partial charge on any atom is -0.490 e. The standard InChI is InChI=1S/C32H39F4NO6S/c1-16(2)20-9-8-17(3)13-26(20)43-31(39)29(38)27-18(4)14-25-22(10-11-37(25)44(40,41)32(34,35)36)28(27)23-15-24(33)30-21(19(23)5)7-6-12-42-30/h14-17,20,26,29,38H,6-13H2,1-5H3/t17-,20+,26-,29?/m1/s1. The number of sulfonamides is 1. The molecule has 0 saturated heterocycles. The van der Waals surface area contributed by atoms with E-state index in [2.05, 4.69) is 20.8 Å². The molecule has 0 bridgehead atoms. The highest BCUT2D eigenvalue weighted by molar-refractivity contribution is 7.93. The third-order valence-corrected chi connectivity index (χ3v) is 11.1. The maximum Gasteiger partial charge on any atom is 0.516 e. The molecule has 44 heavy (non-hydrogen) atoms. The molecule has 0 spiro atoms. The number of aliphatic hydroxyl groups excluding tert-OH is 1. The predicted molar refractivity (Wildman–Crippen MR) is 157 cm³/mol. The number of fused-ring (bicyclic) bond motifs is 2. The predicted octanol–water partition coefficient (Wildman–Crippen LogP) is 6.68. The van der Waals surface area contributed by atoms with Crippen molar-refractivity contribution in [2.45, 2.75) is 90.9 Å². The summed E-state index contributed by atoms with van der Waals surface area (Å²) in [4.78, 5) is 13.6. The molecule has 5 rings (SSSR count). The summed E-state index contributed by atoms with van der Waals surface area (Å²) in [6, 6.07) is 2.43. The van der Waals surface area contributed by atoms with Gasteiger partial charge in [0.25, 0.3) is 0 Å². The molecule has 1 saturated carbocycles. The Kier molecular flexibility index (Phi) is 8.74. The average Bonchev–Trinajstić information content (AvgIpc) is 3.37. The Morgan fingerprint density at radius 1 is 1.14 bits per heavy atom. The maximum absolute atomic E-state index is 15.5. The number of hydrogen-bond acceptors (Lipinski definition) is 6. The van der Waals surface area contributed by atoms with E-state index in [1.165, 1.54) is 19.1 Å². The molecule has 0 aromatic heterocycles. The summed E-state index contributed by atoms with van der Waals surface area (Å²) in [5, 5.41) is 11.6. The van der Waals surface area contributed by atoms with E-state index >= 15 is 4.39 Å². The second-order valence-electron chi connectivity index (χ2n) is 12.7. The largest absolute Gasteiger partial charge is 0.516 e. The molecular formula is C32H39F4NO6S. The fraction of sp³-hybridized carbons (Fsp3) is 0.594. The normalized spacial score (nSPS) is 22.8. The Morgan fingerprint density at radius 3 is 2.50 bits per heavy atom. The first kappa shape index (κ1) is 32.5. The van der Waals surface area contributed by atoms with E-state index in [-0.39, 0.29) is 57.5 Å². The number of aliphatic hydroxyl groups is 1.